The first-order valence-electron chi connectivity index (χ1n) is 7.16. The van der Waals surface area contributed by atoms with Crippen molar-refractivity contribution in [3.05, 3.63) is 58.1 Å². The van der Waals surface area contributed by atoms with Gasteiger partial charge in [0.25, 0.3) is 0 Å². The molecule has 0 fully saturated rings. The third-order valence-electron chi connectivity index (χ3n) is 3.35. The predicted octanol–water partition coefficient (Wildman–Crippen LogP) is 4.39. The van der Waals surface area contributed by atoms with Crippen molar-refractivity contribution in [2.24, 2.45) is 0 Å². The average molecular weight is 358 g/mol. The van der Waals surface area contributed by atoms with Gasteiger partial charge in [0.15, 0.2) is 5.82 Å². The van der Waals surface area contributed by atoms with Crippen molar-refractivity contribution < 1.29 is 4.74 Å². The van der Waals surface area contributed by atoms with Gasteiger partial charge < -0.3 is 10.1 Å². The molecule has 0 saturated heterocycles. The minimum atomic E-state index is 0.401. The number of nitrogens with one attached hydrogen (secondary N) is 2. The van der Waals surface area contributed by atoms with E-state index in [2.05, 4.69) is 25.5 Å². The molecule has 0 unspecified atom stereocenters. The summed E-state index contributed by atoms with van der Waals surface area (Å²) in [5.41, 5.74) is 2.45. The van der Waals surface area contributed by atoms with Crippen LogP contribution in [0.5, 0.6) is 5.75 Å². The van der Waals surface area contributed by atoms with E-state index in [1.165, 1.54) is 0 Å². The summed E-state index contributed by atoms with van der Waals surface area (Å²) in [6, 6.07) is 9.27. The van der Waals surface area contributed by atoms with Crippen molar-refractivity contribution >= 4 is 45.5 Å². The monoisotopic (exact) mass is 357 g/mol. The zero-order valence-corrected chi connectivity index (χ0v) is 13.9. The van der Waals surface area contributed by atoms with Crippen molar-refractivity contribution in [2.75, 3.05) is 5.32 Å². The Bertz CT molecular complexity index is 970. The first-order valence-corrected chi connectivity index (χ1v) is 8.42. The summed E-state index contributed by atoms with van der Waals surface area (Å²) in [4.78, 5) is 8.49. The number of anilines is 2. The second-order valence-electron chi connectivity index (χ2n) is 4.96. The van der Waals surface area contributed by atoms with Crippen molar-refractivity contribution in [2.45, 2.75) is 6.61 Å². The number of benzene rings is 1. The molecule has 0 aliphatic heterocycles. The van der Waals surface area contributed by atoms with Crippen LogP contribution in [0.1, 0.15) is 5.01 Å². The number of ether oxygens (including phenoxy) is 1. The molecule has 0 amide bonds. The Balaban J connectivity index is 1.51. The number of H-pyrrole nitrogens is 1. The lowest BCUT2D eigenvalue weighted by molar-refractivity contribution is 0.306. The first-order chi connectivity index (χ1) is 11.8. The maximum absolute atomic E-state index is 6.30. The van der Waals surface area contributed by atoms with Gasteiger partial charge in [-0.15, -0.1) is 11.3 Å². The van der Waals surface area contributed by atoms with Gasteiger partial charge in [-0.1, -0.05) is 11.6 Å². The highest BCUT2D eigenvalue weighted by Crippen LogP contribution is 2.30. The number of nitrogens with zero attached hydrogens (tertiary/aromatic N) is 3. The number of hydrogen-bond acceptors (Lipinski definition) is 6. The van der Waals surface area contributed by atoms with Gasteiger partial charge in [0, 0.05) is 23.5 Å². The summed E-state index contributed by atoms with van der Waals surface area (Å²) in [6.07, 6.45) is 3.48. The molecule has 0 aliphatic rings. The third kappa shape index (κ3) is 3.04. The fourth-order valence-electron chi connectivity index (χ4n) is 2.24. The highest BCUT2D eigenvalue weighted by molar-refractivity contribution is 7.09. The Morgan fingerprint density at radius 2 is 2.17 bits per heavy atom. The normalized spacial score (nSPS) is 10.9. The van der Waals surface area contributed by atoms with Crippen LogP contribution in [0.3, 0.4) is 0 Å². The van der Waals surface area contributed by atoms with Crippen molar-refractivity contribution in [1.29, 1.82) is 0 Å². The van der Waals surface area contributed by atoms with Gasteiger partial charge in [-0.05, 0) is 30.3 Å². The molecule has 6 nitrogen and oxygen atoms in total. The molecule has 0 spiro atoms. The molecule has 0 saturated carbocycles. The predicted molar refractivity (Wildman–Crippen MR) is 95.1 cm³/mol. The quantitative estimate of drug-likeness (QED) is 0.554. The van der Waals surface area contributed by atoms with Crippen molar-refractivity contribution in [3.8, 4) is 5.75 Å². The lowest BCUT2D eigenvalue weighted by Gasteiger charge is -2.09. The summed E-state index contributed by atoms with van der Waals surface area (Å²) < 4.78 is 5.70. The van der Waals surface area contributed by atoms with Crippen LogP contribution in [0.15, 0.2) is 48.1 Å². The molecule has 0 atom stereocenters. The van der Waals surface area contributed by atoms with E-state index in [0.29, 0.717) is 23.2 Å². The standard InChI is InChI=1S/C16H12ClN5OS/c17-11-8-10(3-4-13(11)23-9-14-18-6-7-24-14)20-16-15-12(21-22-16)2-1-5-19-15/h1-8H,9H2,(H2,20,21,22). The van der Waals surface area contributed by atoms with Gasteiger partial charge in [-0.2, -0.15) is 5.10 Å². The molecule has 0 bridgehead atoms. The highest BCUT2D eigenvalue weighted by atomic mass is 35.5. The molecule has 2 N–H and O–H groups in total. The van der Waals surface area contributed by atoms with Crippen LogP contribution in [0.2, 0.25) is 5.02 Å². The number of rotatable bonds is 5. The maximum atomic E-state index is 6.30. The number of fused-ring (bicyclic) bond motifs is 1. The average Bonchev–Trinajstić information content (AvgIpc) is 3.25. The third-order valence-corrected chi connectivity index (χ3v) is 4.40. The fourth-order valence-corrected chi connectivity index (χ4v) is 3.00. The number of aromatic amines is 1. The van der Waals surface area contributed by atoms with Crippen LogP contribution in [-0.4, -0.2) is 20.2 Å². The Hall–Kier alpha value is -2.64. The largest absolute Gasteiger partial charge is 0.485 e. The zero-order chi connectivity index (χ0) is 16.4. The number of aromatic nitrogens is 4. The maximum Gasteiger partial charge on any atom is 0.178 e. The van der Waals surface area contributed by atoms with Gasteiger partial charge in [0.2, 0.25) is 0 Å². The summed E-state index contributed by atoms with van der Waals surface area (Å²) in [7, 11) is 0. The van der Waals surface area contributed by atoms with Crippen molar-refractivity contribution in [3.63, 3.8) is 0 Å². The minimum Gasteiger partial charge on any atom is -0.485 e. The second-order valence-corrected chi connectivity index (χ2v) is 6.34. The van der Waals surface area contributed by atoms with Gasteiger partial charge in [-0.25, -0.2) is 4.98 Å². The first kappa shape index (κ1) is 14.9. The van der Waals surface area contributed by atoms with E-state index in [-0.39, 0.29) is 0 Å². The molecule has 8 heteroatoms. The minimum absolute atomic E-state index is 0.401. The highest BCUT2D eigenvalue weighted by Gasteiger charge is 2.09. The molecular weight excluding hydrogens is 346 g/mol. The Kier molecular flexibility index (Phi) is 4.02. The molecule has 24 heavy (non-hydrogen) atoms. The van der Waals surface area contributed by atoms with Gasteiger partial charge in [0.1, 0.15) is 22.9 Å². The molecule has 120 valence electrons. The van der Waals surface area contributed by atoms with Gasteiger partial charge in [-0.3, -0.25) is 10.1 Å². The number of thiazole rings is 1. The summed E-state index contributed by atoms with van der Waals surface area (Å²) in [5.74, 6) is 1.26. The van der Waals surface area contributed by atoms with Crippen LogP contribution in [0.4, 0.5) is 11.5 Å². The molecule has 3 aromatic heterocycles. The number of halogens is 1. The van der Waals surface area contributed by atoms with Crippen LogP contribution < -0.4 is 10.1 Å². The second kappa shape index (κ2) is 6.46. The Morgan fingerprint density at radius 3 is 3.00 bits per heavy atom. The SMILES string of the molecule is Clc1cc(Nc2n[nH]c3cccnc23)ccc1OCc1nccs1. The smallest absolute Gasteiger partial charge is 0.178 e. The number of pyridine rings is 1. The van der Waals surface area contributed by atoms with Crippen LogP contribution in [-0.2, 0) is 6.61 Å². The lowest BCUT2D eigenvalue weighted by Crippen LogP contribution is -1.96. The van der Waals surface area contributed by atoms with Crippen LogP contribution in [0.25, 0.3) is 11.0 Å². The van der Waals surface area contributed by atoms with E-state index >= 15 is 0 Å². The Morgan fingerprint density at radius 1 is 1.21 bits per heavy atom. The van der Waals surface area contributed by atoms with E-state index in [9.17, 15) is 0 Å². The zero-order valence-electron chi connectivity index (χ0n) is 12.4. The molecule has 4 aromatic rings. The van der Waals surface area contributed by atoms with Crippen molar-refractivity contribution in [1.82, 2.24) is 20.2 Å². The van der Waals surface area contributed by atoms with E-state index in [4.69, 9.17) is 16.3 Å². The van der Waals surface area contributed by atoms with Gasteiger partial charge in [0.05, 0.1) is 10.5 Å². The van der Waals surface area contributed by atoms with Crippen LogP contribution in [0, 0.1) is 0 Å². The molecule has 1 aromatic carbocycles. The lowest BCUT2D eigenvalue weighted by atomic mass is 10.3. The summed E-state index contributed by atoms with van der Waals surface area (Å²) in [6.45, 7) is 0.401. The summed E-state index contributed by atoms with van der Waals surface area (Å²) in [5, 5.41) is 13.7. The fraction of sp³-hybridized carbons (Fsp3) is 0.0625. The van der Waals surface area contributed by atoms with Crippen LogP contribution >= 0.6 is 22.9 Å². The topological polar surface area (TPSA) is 75.7 Å². The van der Waals surface area contributed by atoms with E-state index in [1.807, 2.05) is 29.6 Å². The number of hydrogen-bond donors (Lipinski definition) is 2. The Labute approximate surface area is 146 Å². The summed E-state index contributed by atoms with van der Waals surface area (Å²) >= 11 is 7.85. The van der Waals surface area contributed by atoms with E-state index in [0.717, 1.165) is 21.7 Å². The van der Waals surface area contributed by atoms with E-state index < -0.39 is 0 Å². The molecule has 0 aliphatic carbocycles. The van der Waals surface area contributed by atoms with Gasteiger partial charge >= 0.3 is 0 Å². The molecular formula is C16H12ClN5OS. The molecule has 4 rings (SSSR count). The molecule has 3 heterocycles. The molecule has 0 radical (unpaired) electrons. The van der Waals surface area contributed by atoms with E-state index in [1.54, 1.807) is 29.8 Å².